The van der Waals surface area contributed by atoms with E-state index in [1.54, 1.807) is 12.1 Å². The first-order chi connectivity index (χ1) is 9.84. The van der Waals surface area contributed by atoms with E-state index in [2.05, 4.69) is 6.58 Å². The Balaban J connectivity index is 2.40. The standard InChI is InChI=1S/C17H22O4/c1-4-15(18)21-12-6-5-7-13-8-10-14(11-9-13)16(19)17(2,3)20/h4,8-11,20H,1,5-7,12H2,2-3H3. The topological polar surface area (TPSA) is 63.6 Å². The second-order valence-corrected chi connectivity index (χ2v) is 5.41. The van der Waals surface area contributed by atoms with E-state index in [1.807, 2.05) is 12.1 Å². The molecule has 0 atom stereocenters. The van der Waals surface area contributed by atoms with E-state index in [9.17, 15) is 14.7 Å². The van der Waals surface area contributed by atoms with Crippen LogP contribution in [0.2, 0.25) is 0 Å². The van der Waals surface area contributed by atoms with Gasteiger partial charge in [-0.05, 0) is 38.7 Å². The van der Waals surface area contributed by atoms with Gasteiger partial charge in [0.15, 0.2) is 5.78 Å². The van der Waals surface area contributed by atoms with E-state index in [-0.39, 0.29) is 5.78 Å². The molecule has 0 aliphatic rings. The van der Waals surface area contributed by atoms with Crippen LogP contribution in [-0.4, -0.2) is 29.1 Å². The zero-order chi connectivity index (χ0) is 15.9. The van der Waals surface area contributed by atoms with Crippen molar-refractivity contribution in [1.29, 1.82) is 0 Å². The Morgan fingerprint density at radius 2 is 1.86 bits per heavy atom. The molecule has 0 bridgehead atoms. The van der Waals surface area contributed by atoms with Crippen LogP contribution in [0.1, 0.15) is 42.6 Å². The average Bonchev–Trinajstić information content (AvgIpc) is 2.45. The summed E-state index contributed by atoms with van der Waals surface area (Å²) in [4.78, 5) is 22.7. The van der Waals surface area contributed by atoms with Gasteiger partial charge in [0, 0.05) is 11.6 Å². The Labute approximate surface area is 125 Å². The molecule has 21 heavy (non-hydrogen) atoms. The first-order valence-corrected chi connectivity index (χ1v) is 7.00. The summed E-state index contributed by atoms with van der Waals surface area (Å²) in [5, 5.41) is 9.68. The molecule has 4 heteroatoms. The lowest BCUT2D eigenvalue weighted by atomic mass is 9.95. The number of ether oxygens (including phenoxy) is 1. The van der Waals surface area contributed by atoms with Crippen LogP contribution in [-0.2, 0) is 16.0 Å². The summed E-state index contributed by atoms with van der Waals surface area (Å²) in [6.45, 7) is 6.68. The molecule has 0 aromatic heterocycles. The maximum absolute atomic E-state index is 11.9. The number of esters is 1. The smallest absolute Gasteiger partial charge is 0.330 e. The highest BCUT2D eigenvalue weighted by molar-refractivity contribution is 6.01. The number of hydrogen-bond acceptors (Lipinski definition) is 4. The number of carbonyl (C=O) groups is 2. The molecule has 4 nitrogen and oxygen atoms in total. The van der Waals surface area contributed by atoms with E-state index >= 15 is 0 Å². The Kier molecular flexibility index (Phi) is 6.31. The number of ketones is 1. The molecule has 0 heterocycles. The van der Waals surface area contributed by atoms with Crippen LogP contribution in [0.5, 0.6) is 0 Å². The van der Waals surface area contributed by atoms with E-state index in [1.165, 1.54) is 13.8 Å². The third kappa shape index (κ3) is 5.92. The van der Waals surface area contributed by atoms with Crippen molar-refractivity contribution in [3.8, 4) is 0 Å². The van der Waals surface area contributed by atoms with Gasteiger partial charge in [0.2, 0.25) is 0 Å². The van der Waals surface area contributed by atoms with Gasteiger partial charge in [-0.15, -0.1) is 0 Å². The van der Waals surface area contributed by atoms with Gasteiger partial charge < -0.3 is 9.84 Å². The minimum atomic E-state index is -1.35. The molecule has 0 saturated carbocycles. The van der Waals surface area contributed by atoms with Crippen molar-refractivity contribution in [3.63, 3.8) is 0 Å². The summed E-state index contributed by atoms with van der Waals surface area (Å²) in [5.41, 5.74) is 0.264. The SMILES string of the molecule is C=CC(=O)OCCCCc1ccc(C(=O)C(C)(C)O)cc1. The molecule has 0 spiro atoms. The largest absolute Gasteiger partial charge is 0.463 e. The zero-order valence-corrected chi connectivity index (χ0v) is 12.6. The van der Waals surface area contributed by atoms with Crippen LogP contribution in [0.3, 0.4) is 0 Å². The minimum Gasteiger partial charge on any atom is -0.463 e. The van der Waals surface area contributed by atoms with Crippen molar-refractivity contribution >= 4 is 11.8 Å². The van der Waals surface area contributed by atoms with Gasteiger partial charge in [0.25, 0.3) is 0 Å². The van der Waals surface area contributed by atoms with E-state index in [0.29, 0.717) is 12.2 Å². The fourth-order valence-electron chi connectivity index (χ4n) is 1.84. The maximum Gasteiger partial charge on any atom is 0.330 e. The predicted molar refractivity (Wildman–Crippen MR) is 81.2 cm³/mol. The quantitative estimate of drug-likeness (QED) is 0.346. The Morgan fingerprint density at radius 1 is 1.24 bits per heavy atom. The number of carbonyl (C=O) groups excluding carboxylic acids is 2. The van der Waals surface area contributed by atoms with E-state index < -0.39 is 11.6 Å². The highest BCUT2D eigenvalue weighted by Crippen LogP contribution is 2.14. The highest BCUT2D eigenvalue weighted by atomic mass is 16.5. The Bertz CT molecular complexity index is 495. The summed E-state index contributed by atoms with van der Waals surface area (Å²) in [7, 11) is 0. The second-order valence-electron chi connectivity index (χ2n) is 5.41. The Morgan fingerprint density at radius 3 is 2.38 bits per heavy atom. The van der Waals surface area contributed by atoms with E-state index in [0.717, 1.165) is 30.9 Å². The molecule has 0 saturated heterocycles. The highest BCUT2D eigenvalue weighted by Gasteiger charge is 2.24. The molecule has 114 valence electrons. The molecule has 0 fully saturated rings. The molecule has 0 unspecified atom stereocenters. The van der Waals surface area contributed by atoms with Crippen LogP contribution in [0.25, 0.3) is 0 Å². The Hall–Kier alpha value is -1.94. The van der Waals surface area contributed by atoms with Gasteiger partial charge in [0.05, 0.1) is 6.61 Å². The molecule has 0 radical (unpaired) electrons. The van der Waals surface area contributed by atoms with Crippen LogP contribution >= 0.6 is 0 Å². The van der Waals surface area contributed by atoms with Gasteiger partial charge in [-0.25, -0.2) is 4.79 Å². The van der Waals surface area contributed by atoms with E-state index in [4.69, 9.17) is 4.74 Å². The molecule has 1 N–H and O–H groups in total. The number of aryl methyl sites for hydroxylation is 1. The third-order valence-electron chi connectivity index (χ3n) is 3.04. The molecule has 0 amide bonds. The van der Waals surface area contributed by atoms with Crippen LogP contribution < -0.4 is 0 Å². The number of hydrogen-bond donors (Lipinski definition) is 1. The monoisotopic (exact) mass is 290 g/mol. The van der Waals surface area contributed by atoms with Crippen molar-refractivity contribution in [2.75, 3.05) is 6.61 Å². The first kappa shape index (κ1) is 17.1. The summed E-state index contributed by atoms with van der Waals surface area (Å²) in [5.74, 6) is -0.685. The fraction of sp³-hybridized carbons (Fsp3) is 0.412. The van der Waals surface area contributed by atoms with Crippen LogP contribution in [0.15, 0.2) is 36.9 Å². The second kappa shape index (κ2) is 7.74. The van der Waals surface area contributed by atoms with Crippen molar-refractivity contribution < 1.29 is 19.4 Å². The number of benzene rings is 1. The van der Waals surface area contributed by atoms with Gasteiger partial charge in [0.1, 0.15) is 5.60 Å². The molecule has 1 rings (SSSR count). The third-order valence-corrected chi connectivity index (χ3v) is 3.04. The zero-order valence-electron chi connectivity index (χ0n) is 12.6. The van der Waals surface area contributed by atoms with Gasteiger partial charge in [-0.1, -0.05) is 30.8 Å². The van der Waals surface area contributed by atoms with Crippen molar-refractivity contribution in [1.82, 2.24) is 0 Å². The van der Waals surface area contributed by atoms with Crippen LogP contribution in [0.4, 0.5) is 0 Å². The summed E-state index contributed by atoms with van der Waals surface area (Å²) >= 11 is 0. The molecule has 0 aliphatic heterocycles. The maximum atomic E-state index is 11.9. The molecular weight excluding hydrogens is 268 g/mol. The summed E-state index contributed by atoms with van der Waals surface area (Å²) in [6.07, 6.45) is 3.67. The predicted octanol–water partition coefficient (Wildman–Crippen LogP) is 2.69. The molecule has 0 aliphatic carbocycles. The van der Waals surface area contributed by atoms with Gasteiger partial charge in [-0.2, -0.15) is 0 Å². The average molecular weight is 290 g/mol. The lowest BCUT2D eigenvalue weighted by molar-refractivity contribution is -0.137. The lowest BCUT2D eigenvalue weighted by Gasteiger charge is -2.15. The fourth-order valence-corrected chi connectivity index (χ4v) is 1.84. The van der Waals surface area contributed by atoms with Crippen molar-refractivity contribution in [2.24, 2.45) is 0 Å². The number of Topliss-reactive ketones (excluding diaryl/α,β-unsaturated/α-hetero) is 1. The van der Waals surface area contributed by atoms with Crippen molar-refractivity contribution in [3.05, 3.63) is 48.0 Å². The van der Waals surface area contributed by atoms with Gasteiger partial charge in [-0.3, -0.25) is 4.79 Å². The lowest BCUT2D eigenvalue weighted by Crippen LogP contribution is -2.31. The molecule has 1 aromatic rings. The minimum absolute atomic E-state index is 0.287. The first-order valence-electron chi connectivity index (χ1n) is 7.00. The summed E-state index contributed by atoms with van der Waals surface area (Å²) < 4.78 is 4.89. The van der Waals surface area contributed by atoms with Crippen LogP contribution in [0, 0.1) is 0 Å². The molecular formula is C17H22O4. The number of aliphatic hydroxyl groups is 1. The normalized spacial score (nSPS) is 11.0. The summed E-state index contributed by atoms with van der Waals surface area (Å²) in [6, 6.07) is 7.23. The van der Waals surface area contributed by atoms with Crippen molar-refractivity contribution in [2.45, 2.75) is 38.7 Å². The number of unbranched alkanes of at least 4 members (excludes halogenated alkanes) is 1. The molecule has 1 aromatic carbocycles. The van der Waals surface area contributed by atoms with Gasteiger partial charge >= 0.3 is 5.97 Å². The number of rotatable bonds is 8.